The van der Waals surface area contributed by atoms with Gasteiger partial charge in [-0.15, -0.1) is 11.3 Å². The van der Waals surface area contributed by atoms with E-state index < -0.39 is 5.60 Å². The van der Waals surface area contributed by atoms with E-state index in [0.717, 1.165) is 10.7 Å². The highest BCUT2D eigenvalue weighted by molar-refractivity contribution is 7.13. The van der Waals surface area contributed by atoms with Crippen LogP contribution in [0.3, 0.4) is 0 Å². The van der Waals surface area contributed by atoms with Crippen molar-refractivity contribution < 1.29 is 9.90 Å². The van der Waals surface area contributed by atoms with Crippen molar-refractivity contribution in [1.82, 2.24) is 9.88 Å². The summed E-state index contributed by atoms with van der Waals surface area (Å²) >= 11 is 7.40. The first kappa shape index (κ1) is 16.8. The molecule has 0 spiro atoms. The number of piperidine rings is 1. The molecule has 4 rings (SSSR count). The molecular formula is C18H20ClN3O2S. The smallest absolute Gasteiger partial charge is 0.273 e. The zero-order valence-electron chi connectivity index (χ0n) is 13.7. The first-order valence-electron chi connectivity index (χ1n) is 8.53. The van der Waals surface area contributed by atoms with Crippen molar-refractivity contribution >= 4 is 34.0 Å². The summed E-state index contributed by atoms with van der Waals surface area (Å²) in [6.07, 6.45) is 3.38. The summed E-state index contributed by atoms with van der Waals surface area (Å²) in [6.45, 7) is 1.03. The number of nitrogens with one attached hydrogen (secondary N) is 1. The standard InChI is InChI=1S/C18H20ClN3O2S/c19-13-3-1-12(2-4-13)18(24)7-9-22(10-8-18)16(23)15-11-25-17(21-15)20-14-5-6-14/h1-4,11,14,24H,5-10H2,(H,20,21). The number of halogens is 1. The number of anilines is 1. The Hall–Kier alpha value is -1.63. The Bertz CT molecular complexity index is 765. The molecule has 1 amide bonds. The molecule has 2 aliphatic rings. The summed E-state index contributed by atoms with van der Waals surface area (Å²) < 4.78 is 0. The van der Waals surface area contributed by atoms with Crippen LogP contribution in [0.2, 0.25) is 5.02 Å². The van der Waals surface area contributed by atoms with Gasteiger partial charge in [0, 0.05) is 29.5 Å². The molecule has 25 heavy (non-hydrogen) atoms. The topological polar surface area (TPSA) is 65.5 Å². The number of amides is 1. The van der Waals surface area contributed by atoms with Crippen LogP contribution in [0.4, 0.5) is 5.13 Å². The molecule has 1 aromatic heterocycles. The van der Waals surface area contributed by atoms with E-state index in [0.29, 0.717) is 42.7 Å². The van der Waals surface area contributed by atoms with Crippen LogP contribution in [0, 0.1) is 0 Å². The lowest BCUT2D eigenvalue weighted by Crippen LogP contribution is -2.45. The molecule has 1 aliphatic carbocycles. The van der Waals surface area contributed by atoms with Gasteiger partial charge in [0.25, 0.3) is 5.91 Å². The number of carbonyl (C=O) groups is 1. The van der Waals surface area contributed by atoms with Crippen molar-refractivity contribution in [2.45, 2.75) is 37.3 Å². The number of hydrogen-bond donors (Lipinski definition) is 2. The first-order chi connectivity index (χ1) is 12.0. The van der Waals surface area contributed by atoms with Crippen LogP contribution in [-0.2, 0) is 5.60 Å². The normalized spacial score (nSPS) is 19.7. The lowest BCUT2D eigenvalue weighted by molar-refractivity contribution is -0.0212. The lowest BCUT2D eigenvalue weighted by atomic mass is 9.84. The Morgan fingerprint density at radius 1 is 1.28 bits per heavy atom. The van der Waals surface area contributed by atoms with Gasteiger partial charge in [0.05, 0.1) is 5.60 Å². The minimum atomic E-state index is -0.901. The second-order valence-electron chi connectivity index (χ2n) is 6.79. The third kappa shape index (κ3) is 3.66. The minimum absolute atomic E-state index is 0.0572. The average Bonchev–Trinajstić information content (AvgIpc) is 3.30. The van der Waals surface area contributed by atoms with Crippen LogP contribution >= 0.6 is 22.9 Å². The van der Waals surface area contributed by atoms with Crippen LogP contribution in [-0.4, -0.2) is 40.0 Å². The third-order valence-electron chi connectivity index (χ3n) is 4.89. The highest BCUT2D eigenvalue weighted by Crippen LogP contribution is 2.34. The number of hydrogen-bond acceptors (Lipinski definition) is 5. The molecule has 5 nitrogen and oxygen atoms in total. The van der Waals surface area contributed by atoms with Crippen molar-refractivity contribution in [1.29, 1.82) is 0 Å². The molecule has 0 radical (unpaired) electrons. The van der Waals surface area contributed by atoms with E-state index in [-0.39, 0.29) is 5.91 Å². The van der Waals surface area contributed by atoms with Gasteiger partial charge in [0.2, 0.25) is 0 Å². The molecular weight excluding hydrogens is 358 g/mol. The van der Waals surface area contributed by atoms with E-state index in [1.807, 2.05) is 17.5 Å². The van der Waals surface area contributed by atoms with Crippen molar-refractivity contribution in [3.05, 3.63) is 45.9 Å². The van der Waals surface area contributed by atoms with Crippen LogP contribution in [0.5, 0.6) is 0 Å². The van der Waals surface area contributed by atoms with Crippen LogP contribution in [0.1, 0.15) is 41.7 Å². The molecule has 1 saturated heterocycles. The number of nitrogens with zero attached hydrogens (tertiary/aromatic N) is 2. The van der Waals surface area contributed by atoms with Gasteiger partial charge in [-0.3, -0.25) is 4.79 Å². The van der Waals surface area contributed by atoms with E-state index in [1.165, 1.54) is 24.2 Å². The quantitative estimate of drug-likeness (QED) is 0.855. The van der Waals surface area contributed by atoms with Crippen molar-refractivity contribution in [3.63, 3.8) is 0 Å². The Labute approximate surface area is 155 Å². The molecule has 0 unspecified atom stereocenters. The van der Waals surface area contributed by atoms with E-state index in [2.05, 4.69) is 10.3 Å². The monoisotopic (exact) mass is 377 g/mol. The number of rotatable bonds is 4. The van der Waals surface area contributed by atoms with Crippen LogP contribution in [0.25, 0.3) is 0 Å². The number of benzene rings is 1. The Morgan fingerprint density at radius 2 is 1.96 bits per heavy atom. The minimum Gasteiger partial charge on any atom is -0.385 e. The fourth-order valence-electron chi connectivity index (χ4n) is 3.13. The molecule has 0 atom stereocenters. The highest BCUT2D eigenvalue weighted by atomic mass is 35.5. The molecule has 132 valence electrons. The van der Waals surface area contributed by atoms with Crippen molar-refractivity contribution in [2.75, 3.05) is 18.4 Å². The molecule has 1 saturated carbocycles. The maximum atomic E-state index is 12.6. The second kappa shape index (κ2) is 6.59. The summed E-state index contributed by atoms with van der Waals surface area (Å²) in [4.78, 5) is 18.8. The molecule has 2 fully saturated rings. The van der Waals surface area contributed by atoms with E-state index in [9.17, 15) is 9.90 Å². The van der Waals surface area contributed by atoms with Gasteiger partial charge in [-0.1, -0.05) is 23.7 Å². The Morgan fingerprint density at radius 3 is 2.60 bits per heavy atom. The third-order valence-corrected chi connectivity index (χ3v) is 5.91. The van der Waals surface area contributed by atoms with Gasteiger partial charge >= 0.3 is 0 Å². The van der Waals surface area contributed by atoms with Gasteiger partial charge in [-0.05, 0) is 43.4 Å². The molecule has 1 aromatic carbocycles. The summed E-state index contributed by atoms with van der Waals surface area (Å²) in [5, 5.41) is 17.5. The van der Waals surface area contributed by atoms with E-state index >= 15 is 0 Å². The number of carbonyl (C=O) groups excluding carboxylic acids is 1. The fourth-order valence-corrected chi connectivity index (χ4v) is 4.02. The van der Waals surface area contributed by atoms with Crippen molar-refractivity contribution in [3.8, 4) is 0 Å². The van der Waals surface area contributed by atoms with Crippen LogP contribution < -0.4 is 5.32 Å². The summed E-state index contributed by atoms with van der Waals surface area (Å²) in [5.41, 5.74) is 0.445. The summed E-state index contributed by atoms with van der Waals surface area (Å²) in [5.74, 6) is -0.0572. The number of aliphatic hydroxyl groups is 1. The van der Waals surface area contributed by atoms with Gasteiger partial charge < -0.3 is 15.3 Å². The summed E-state index contributed by atoms with van der Waals surface area (Å²) in [7, 11) is 0. The van der Waals surface area contributed by atoms with Gasteiger partial charge in [-0.2, -0.15) is 0 Å². The zero-order chi connectivity index (χ0) is 17.4. The van der Waals surface area contributed by atoms with Crippen molar-refractivity contribution in [2.24, 2.45) is 0 Å². The van der Waals surface area contributed by atoms with E-state index in [4.69, 9.17) is 11.6 Å². The highest BCUT2D eigenvalue weighted by Gasteiger charge is 2.36. The predicted molar refractivity (Wildman–Crippen MR) is 99.2 cm³/mol. The summed E-state index contributed by atoms with van der Waals surface area (Å²) in [6, 6.07) is 7.82. The lowest BCUT2D eigenvalue weighted by Gasteiger charge is -2.38. The molecule has 7 heteroatoms. The molecule has 2 N–H and O–H groups in total. The maximum Gasteiger partial charge on any atom is 0.273 e. The zero-order valence-corrected chi connectivity index (χ0v) is 15.3. The predicted octanol–water partition coefficient (Wildman–Crippen LogP) is 3.49. The largest absolute Gasteiger partial charge is 0.385 e. The van der Waals surface area contributed by atoms with E-state index in [1.54, 1.807) is 17.0 Å². The molecule has 0 bridgehead atoms. The maximum absolute atomic E-state index is 12.6. The number of thiazole rings is 1. The number of aromatic nitrogens is 1. The van der Waals surface area contributed by atoms with Gasteiger partial charge in [-0.25, -0.2) is 4.98 Å². The fraction of sp³-hybridized carbons (Fsp3) is 0.444. The Kier molecular flexibility index (Phi) is 4.43. The second-order valence-corrected chi connectivity index (χ2v) is 8.08. The number of likely N-dealkylation sites (tertiary alicyclic amines) is 1. The van der Waals surface area contributed by atoms with Crippen LogP contribution in [0.15, 0.2) is 29.6 Å². The SMILES string of the molecule is O=C(c1csc(NC2CC2)n1)N1CCC(O)(c2ccc(Cl)cc2)CC1. The molecule has 2 heterocycles. The molecule has 2 aromatic rings. The average molecular weight is 378 g/mol. The van der Waals surface area contributed by atoms with Gasteiger partial charge in [0.15, 0.2) is 5.13 Å². The first-order valence-corrected chi connectivity index (χ1v) is 9.79. The Balaban J connectivity index is 1.39. The molecule has 1 aliphatic heterocycles. The van der Waals surface area contributed by atoms with Gasteiger partial charge in [0.1, 0.15) is 5.69 Å².